The third-order valence-corrected chi connectivity index (χ3v) is 6.55. The predicted molar refractivity (Wildman–Crippen MR) is 124 cm³/mol. The molecule has 34 heavy (non-hydrogen) atoms. The summed E-state index contributed by atoms with van der Waals surface area (Å²) in [6.45, 7) is 1.35. The zero-order chi connectivity index (χ0) is 23.8. The van der Waals surface area contributed by atoms with Crippen molar-refractivity contribution in [1.82, 2.24) is 29.1 Å². The molecule has 2 N–H and O–H groups in total. The number of benzene rings is 1. The monoisotopic (exact) mass is 463 g/mol. The zero-order valence-corrected chi connectivity index (χ0v) is 18.7. The van der Waals surface area contributed by atoms with E-state index in [-0.39, 0.29) is 30.1 Å². The molecule has 1 aromatic carbocycles. The Balaban J connectivity index is 1.26. The molecule has 11 heteroatoms. The average molecular weight is 463 g/mol. The number of fused-ring (bicyclic) bond motifs is 1. The van der Waals surface area contributed by atoms with Gasteiger partial charge in [0, 0.05) is 50.8 Å². The topological polar surface area (TPSA) is 125 Å². The van der Waals surface area contributed by atoms with Gasteiger partial charge in [-0.05, 0) is 30.5 Å². The molecule has 11 nitrogen and oxygen atoms in total. The number of urea groups is 1. The lowest BCUT2D eigenvalue weighted by Crippen LogP contribution is -2.51. The van der Waals surface area contributed by atoms with Crippen LogP contribution in [0.15, 0.2) is 52.3 Å². The summed E-state index contributed by atoms with van der Waals surface area (Å²) >= 11 is 0. The highest BCUT2D eigenvalue weighted by Gasteiger charge is 2.32. The van der Waals surface area contributed by atoms with Gasteiger partial charge in [-0.25, -0.2) is 9.59 Å². The first-order valence-corrected chi connectivity index (χ1v) is 11.2. The van der Waals surface area contributed by atoms with Crippen molar-refractivity contribution in [3.05, 3.63) is 69.1 Å². The molecule has 0 spiro atoms. The molecule has 2 aromatic heterocycles. The maximum atomic E-state index is 13.0. The van der Waals surface area contributed by atoms with Crippen molar-refractivity contribution >= 4 is 17.6 Å². The highest BCUT2D eigenvalue weighted by atomic mass is 16.2. The van der Waals surface area contributed by atoms with E-state index < -0.39 is 11.2 Å². The maximum Gasteiger partial charge on any atom is 0.331 e. The number of aromatic amines is 1. The zero-order valence-electron chi connectivity index (χ0n) is 18.7. The molecule has 1 fully saturated rings. The molecule has 0 radical (unpaired) electrons. The Morgan fingerprint density at radius 3 is 2.62 bits per heavy atom. The van der Waals surface area contributed by atoms with E-state index in [9.17, 15) is 19.2 Å². The van der Waals surface area contributed by atoms with Gasteiger partial charge in [-0.15, -0.1) is 0 Å². The summed E-state index contributed by atoms with van der Waals surface area (Å²) in [5, 5.41) is 9.60. The van der Waals surface area contributed by atoms with Crippen LogP contribution >= 0.6 is 0 Å². The second-order valence-electron chi connectivity index (χ2n) is 8.60. The molecule has 3 aromatic rings. The number of hydrogen-bond acceptors (Lipinski definition) is 5. The van der Waals surface area contributed by atoms with E-state index in [2.05, 4.69) is 15.5 Å². The molecule has 2 aliphatic rings. The lowest BCUT2D eigenvalue weighted by Gasteiger charge is -2.40. The van der Waals surface area contributed by atoms with Crippen LogP contribution in [0.1, 0.15) is 18.4 Å². The minimum atomic E-state index is -0.559. The second-order valence-corrected chi connectivity index (χ2v) is 8.60. The van der Waals surface area contributed by atoms with E-state index in [1.807, 2.05) is 29.2 Å². The van der Waals surface area contributed by atoms with E-state index in [1.165, 1.54) is 17.8 Å². The van der Waals surface area contributed by atoms with Crippen molar-refractivity contribution in [2.24, 2.45) is 7.05 Å². The third-order valence-electron chi connectivity index (χ3n) is 6.55. The Morgan fingerprint density at radius 2 is 1.88 bits per heavy atom. The summed E-state index contributed by atoms with van der Waals surface area (Å²) < 4.78 is 2.23. The van der Waals surface area contributed by atoms with Gasteiger partial charge >= 0.3 is 11.7 Å². The van der Waals surface area contributed by atoms with Crippen LogP contribution in [0.25, 0.3) is 11.3 Å². The van der Waals surface area contributed by atoms with Crippen LogP contribution in [0.4, 0.5) is 10.5 Å². The molecular formula is C23H25N7O4. The quantitative estimate of drug-likeness (QED) is 0.597. The van der Waals surface area contributed by atoms with Crippen molar-refractivity contribution in [1.29, 1.82) is 0 Å². The van der Waals surface area contributed by atoms with Gasteiger partial charge in [0.1, 0.15) is 6.54 Å². The van der Waals surface area contributed by atoms with Gasteiger partial charge in [0.25, 0.3) is 5.56 Å². The molecular weight excluding hydrogens is 438 g/mol. The average Bonchev–Trinajstić information content (AvgIpc) is 3.39. The van der Waals surface area contributed by atoms with Gasteiger partial charge < -0.3 is 15.1 Å². The third kappa shape index (κ3) is 3.89. The van der Waals surface area contributed by atoms with Crippen molar-refractivity contribution in [2.75, 3.05) is 18.4 Å². The number of piperidine rings is 1. The summed E-state index contributed by atoms with van der Waals surface area (Å²) in [6, 6.07) is 9.29. The Kier molecular flexibility index (Phi) is 5.52. The van der Waals surface area contributed by atoms with E-state index in [0.717, 1.165) is 15.8 Å². The highest BCUT2D eigenvalue weighted by molar-refractivity contribution is 5.92. The largest absolute Gasteiger partial charge is 0.341 e. The fourth-order valence-corrected chi connectivity index (χ4v) is 4.62. The number of carbonyl (C=O) groups is 2. The smallest absolute Gasteiger partial charge is 0.331 e. The van der Waals surface area contributed by atoms with E-state index in [4.69, 9.17) is 0 Å². The van der Waals surface area contributed by atoms with Crippen molar-refractivity contribution in [3.63, 3.8) is 0 Å². The van der Waals surface area contributed by atoms with Crippen molar-refractivity contribution in [2.45, 2.75) is 32.0 Å². The Hall–Kier alpha value is -4.15. The Morgan fingerprint density at radius 1 is 1.12 bits per heavy atom. The number of likely N-dealkylation sites (tertiary alicyclic amines) is 1. The molecule has 0 atom stereocenters. The number of nitrogens with one attached hydrogen (secondary N) is 2. The molecule has 0 saturated carbocycles. The molecule has 4 heterocycles. The number of anilines is 1. The van der Waals surface area contributed by atoms with E-state index in [1.54, 1.807) is 17.2 Å². The van der Waals surface area contributed by atoms with Gasteiger partial charge in [-0.2, -0.15) is 5.10 Å². The summed E-state index contributed by atoms with van der Waals surface area (Å²) in [5.41, 5.74) is 1.53. The molecule has 1 saturated heterocycles. The minimum absolute atomic E-state index is 0.0314. The molecule has 0 unspecified atom stereocenters. The van der Waals surface area contributed by atoms with Crippen LogP contribution in [0, 0.1) is 0 Å². The first-order chi connectivity index (χ1) is 16.4. The molecule has 3 amide bonds. The van der Waals surface area contributed by atoms with Gasteiger partial charge in [-0.1, -0.05) is 18.2 Å². The highest BCUT2D eigenvalue weighted by Crippen LogP contribution is 2.27. The summed E-state index contributed by atoms with van der Waals surface area (Å²) in [4.78, 5) is 54.2. The molecule has 0 aliphatic carbocycles. The number of hydrogen-bond donors (Lipinski definition) is 2. The van der Waals surface area contributed by atoms with Crippen LogP contribution in [0.5, 0.6) is 0 Å². The van der Waals surface area contributed by atoms with Gasteiger partial charge in [0.2, 0.25) is 5.91 Å². The van der Waals surface area contributed by atoms with Crippen LogP contribution in [-0.4, -0.2) is 60.2 Å². The van der Waals surface area contributed by atoms with Gasteiger partial charge in [-0.3, -0.25) is 23.8 Å². The van der Waals surface area contributed by atoms with Gasteiger partial charge in [0.15, 0.2) is 0 Å². The second kappa shape index (κ2) is 8.65. The Labute approximate surface area is 194 Å². The lowest BCUT2D eigenvalue weighted by molar-refractivity contribution is -0.133. The first-order valence-electron chi connectivity index (χ1n) is 11.2. The van der Waals surface area contributed by atoms with Crippen molar-refractivity contribution < 1.29 is 9.59 Å². The van der Waals surface area contributed by atoms with Crippen LogP contribution in [0.2, 0.25) is 0 Å². The standard InChI is InChI=1S/C23H25N7O4/c1-27-21(32)17(19-6-9-24-26-19)13-29(23(27)34)14-20(31)28-10-7-16(8-11-28)30-12-15-4-2-3-5-18(15)25-22(30)33/h2-6,9,13,16H,7-8,10-12,14H2,1H3,(H,24,26)(H,25,33). The number of para-hydroxylation sites is 1. The summed E-state index contributed by atoms with van der Waals surface area (Å²) in [7, 11) is 1.38. The molecule has 2 aliphatic heterocycles. The normalized spacial score (nSPS) is 16.3. The molecule has 176 valence electrons. The summed E-state index contributed by atoms with van der Waals surface area (Å²) in [6.07, 6.45) is 4.28. The fraction of sp³-hybridized carbons (Fsp3) is 0.348. The number of amides is 3. The Bertz CT molecular complexity index is 1350. The van der Waals surface area contributed by atoms with Crippen LogP contribution in [0.3, 0.4) is 0 Å². The number of carbonyl (C=O) groups excluding carboxylic acids is 2. The van der Waals surface area contributed by atoms with Crippen LogP contribution in [-0.2, 0) is 24.9 Å². The maximum absolute atomic E-state index is 13.0. The number of H-pyrrole nitrogens is 1. The minimum Gasteiger partial charge on any atom is -0.341 e. The molecule has 0 bridgehead atoms. The summed E-state index contributed by atoms with van der Waals surface area (Å²) in [5.74, 6) is -0.208. The predicted octanol–water partition coefficient (Wildman–Crippen LogP) is 0.976. The lowest BCUT2D eigenvalue weighted by atomic mass is 10.0. The number of nitrogens with zero attached hydrogens (tertiary/aromatic N) is 5. The van der Waals surface area contributed by atoms with E-state index in [0.29, 0.717) is 38.2 Å². The van der Waals surface area contributed by atoms with Gasteiger partial charge in [0.05, 0.1) is 11.3 Å². The van der Waals surface area contributed by atoms with Crippen molar-refractivity contribution in [3.8, 4) is 11.3 Å². The first kappa shape index (κ1) is 21.7. The number of aromatic nitrogens is 4. The fourth-order valence-electron chi connectivity index (χ4n) is 4.62. The van der Waals surface area contributed by atoms with Crippen LogP contribution < -0.4 is 16.6 Å². The SMILES string of the molecule is Cn1c(=O)c(-c2cc[nH]n2)cn(CC(=O)N2CCC(N3Cc4ccccc4NC3=O)CC2)c1=O. The molecule has 5 rings (SSSR count). The number of rotatable bonds is 4. The van der Waals surface area contributed by atoms with E-state index >= 15 is 0 Å².